The van der Waals surface area contributed by atoms with Crippen LogP contribution in [0, 0.1) is 0 Å². The number of esters is 1. The Morgan fingerprint density at radius 2 is 2.06 bits per heavy atom. The number of benzene rings is 1. The maximum absolute atomic E-state index is 13.4. The second kappa shape index (κ2) is 9.23. The number of ether oxygens (including phenoxy) is 2. The van der Waals surface area contributed by atoms with E-state index in [1.807, 2.05) is 18.2 Å². The van der Waals surface area contributed by atoms with Gasteiger partial charge in [0.25, 0.3) is 5.56 Å². The van der Waals surface area contributed by atoms with Crippen LogP contribution in [0.25, 0.3) is 12.2 Å². The van der Waals surface area contributed by atoms with Gasteiger partial charge < -0.3 is 13.9 Å². The zero-order valence-corrected chi connectivity index (χ0v) is 18.7. The van der Waals surface area contributed by atoms with Crippen molar-refractivity contribution in [1.29, 1.82) is 0 Å². The summed E-state index contributed by atoms with van der Waals surface area (Å²) in [5, 5.41) is 0. The van der Waals surface area contributed by atoms with Gasteiger partial charge in [-0.25, -0.2) is 9.79 Å². The standard InChI is InChI=1S/C24H22N2O5S/c1-4-30-23(28)20-15(2)25-24-26(21(20)16-10-12-17(29-3)13-11-16)22(27)19(32-24)9-5-7-18-8-6-14-31-18/h5-14,21H,4H2,1-3H3. The summed E-state index contributed by atoms with van der Waals surface area (Å²) in [4.78, 5) is 31.3. The molecule has 0 fully saturated rings. The van der Waals surface area contributed by atoms with E-state index in [1.54, 1.807) is 68.2 Å². The molecule has 32 heavy (non-hydrogen) atoms. The van der Waals surface area contributed by atoms with E-state index in [9.17, 15) is 9.59 Å². The Labute approximate surface area is 188 Å². The highest BCUT2D eigenvalue weighted by Crippen LogP contribution is 2.31. The smallest absolute Gasteiger partial charge is 0.338 e. The van der Waals surface area contributed by atoms with E-state index in [0.717, 1.165) is 5.56 Å². The molecule has 0 N–H and O–H groups in total. The van der Waals surface area contributed by atoms with Crippen LogP contribution in [0.5, 0.6) is 5.75 Å². The summed E-state index contributed by atoms with van der Waals surface area (Å²) >= 11 is 1.27. The number of methoxy groups -OCH3 is 1. The lowest BCUT2D eigenvalue weighted by atomic mass is 9.96. The quantitative estimate of drug-likeness (QED) is 0.539. The van der Waals surface area contributed by atoms with Crippen LogP contribution in [0.4, 0.5) is 0 Å². The highest BCUT2D eigenvalue weighted by molar-refractivity contribution is 7.07. The Morgan fingerprint density at radius 1 is 1.28 bits per heavy atom. The molecule has 0 amide bonds. The lowest BCUT2D eigenvalue weighted by Gasteiger charge is -2.24. The third-order valence-corrected chi connectivity index (χ3v) is 6.00. The van der Waals surface area contributed by atoms with Gasteiger partial charge in [-0.1, -0.05) is 29.5 Å². The molecule has 1 aliphatic heterocycles. The third-order valence-electron chi connectivity index (χ3n) is 5.00. The number of aromatic nitrogens is 1. The molecule has 0 spiro atoms. The van der Waals surface area contributed by atoms with E-state index in [4.69, 9.17) is 13.9 Å². The molecule has 1 aromatic carbocycles. The zero-order valence-electron chi connectivity index (χ0n) is 17.9. The minimum absolute atomic E-state index is 0.229. The van der Waals surface area contributed by atoms with Crippen molar-refractivity contribution in [2.75, 3.05) is 13.7 Å². The molecule has 164 valence electrons. The van der Waals surface area contributed by atoms with Crippen LogP contribution < -0.4 is 19.6 Å². The lowest BCUT2D eigenvalue weighted by molar-refractivity contribution is -0.139. The fraction of sp³-hybridized carbons (Fsp3) is 0.208. The van der Waals surface area contributed by atoms with Crippen molar-refractivity contribution >= 4 is 29.5 Å². The molecule has 1 unspecified atom stereocenters. The molecule has 3 aromatic rings. The Hall–Kier alpha value is -3.65. The van der Waals surface area contributed by atoms with Gasteiger partial charge in [0, 0.05) is 0 Å². The molecular formula is C24H22N2O5S. The Balaban J connectivity index is 1.86. The van der Waals surface area contributed by atoms with Crippen LogP contribution in [-0.4, -0.2) is 24.3 Å². The minimum Gasteiger partial charge on any atom is -0.497 e. The first-order valence-corrected chi connectivity index (χ1v) is 10.9. The first kappa shape index (κ1) is 21.6. The molecule has 3 heterocycles. The minimum atomic E-state index is -0.646. The predicted molar refractivity (Wildman–Crippen MR) is 122 cm³/mol. The fourth-order valence-corrected chi connectivity index (χ4v) is 4.52. The fourth-order valence-electron chi connectivity index (χ4n) is 3.52. The number of furan rings is 1. The summed E-state index contributed by atoms with van der Waals surface area (Å²) < 4.78 is 17.9. The Bertz CT molecular complexity index is 1360. The molecule has 0 bridgehead atoms. The first-order chi connectivity index (χ1) is 15.5. The molecule has 1 aliphatic rings. The molecular weight excluding hydrogens is 428 g/mol. The predicted octanol–water partition coefficient (Wildman–Crippen LogP) is 3.07. The summed E-state index contributed by atoms with van der Waals surface area (Å²) in [5.41, 5.74) is 1.42. The molecule has 8 heteroatoms. The molecule has 4 rings (SSSR count). The molecule has 7 nitrogen and oxygen atoms in total. The van der Waals surface area contributed by atoms with Crippen LogP contribution in [-0.2, 0) is 9.53 Å². The number of hydrogen-bond donors (Lipinski definition) is 0. The summed E-state index contributed by atoms with van der Waals surface area (Å²) in [5.74, 6) is 0.884. The van der Waals surface area contributed by atoms with Crippen molar-refractivity contribution in [2.45, 2.75) is 19.9 Å². The van der Waals surface area contributed by atoms with Crippen LogP contribution in [0.3, 0.4) is 0 Å². The number of fused-ring (bicyclic) bond motifs is 1. The van der Waals surface area contributed by atoms with Crippen LogP contribution >= 0.6 is 11.3 Å². The van der Waals surface area contributed by atoms with Gasteiger partial charge >= 0.3 is 5.97 Å². The van der Waals surface area contributed by atoms with Gasteiger partial charge in [-0.15, -0.1) is 0 Å². The summed E-state index contributed by atoms with van der Waals surface area (Å²) in [6.45, 7) is 3.74. The van der Waals surface area contributed by atoms with Crippen molar-refractivity contribution in [3.05, 3.63) is 91.0 Å². The highest BCUT2D eigenvalue weighted by Gasteiger charge is 2.33. The molecule has 0 saturated carbocycles. The summed E-state index contributed by atoms with van der Waals surface area (Å²) in [7, 11) is 1.59. The number of nitrogens with zero attached hydrogens (tertiary/aromatic N) is 2. The van der Waals surface area contributed by atoms with E-state index in [1.165, 1.54) is 11.3 Å². The molecule has 0 aliphatic carbocycles. The van der Waals surface area contributed by atoms with E-state index in [0.29, 0.717) is 32.1 Å². The Morgan fingerprint density at radius 3 is 2.72 bits per heavy atom. The second-order valence-corrected chi connectivity index (χ2v) is 7.98. The largest absolute Gasteiger partial charge is 0.497 e. The molecule has 0 saturated heterocycles. The number of hydrogen-bond acceptors (Lipinski definition) is 7. The van der Waals surface area contributed by atoms with E-state index in [2.05, 4.69) is 4.99 Å². The van der Waals surface area contributed by atoms with Gasteiger partial charge in [-0.05, 0) is 55.8 Å². The van der Waals surface area contributed by atoms with Crippen molar-refractivity contribution in [3.63, 3.8) is 0 Å². The maximum Gasteiger partial charge on any atom is 0.338 e. The highest BCUT2D eigenvalue weighted by atomic mass is 32.1. The van der Waals surface area contributed by atoms with E-state index >= 15 is 0 Å². The van der Waals surface area contributed by atoms with Gasteiger partial charge in [0.15, 0.2) is 4.80 Å². The van der Waals surface area contributed by atoms with Crippen molar-refractivity contribution in [1.82, 2.24) is 4.57 Å². The Kier molecular flexibility index (Phi) is 6.23. The second-order valence-electron chi connectivity index (χ2n) is 6.97. The van der Waals surface area contributed by atoms with Crippen molar-refractivity contribution in [3.8, 4) is 5.75 Å². The van der Waals surface area contributed by atoms with Gasteiger partial charge in [0.2, 0.25) is 0 Å². The van der Waals surface area contributed by atoms with Crippen molar-refractivity contribution < 1.29 is 18.7 Å². The maximum atomic E-state index is 13.4. The number of rotatable bonds is 6. The van der Waals surface area contributed by atoms with E-state index < -0.39 is 12.0 Å². The lowest BCUT2D eigenvalue weighted by Crippen LogP contribution is -2.39. The first-order valence-electron chi connectivity index (χ1n) is 10.1. The van der Waals surface area contributed by atoms with Gasteiger partial charge in [-0.3, -0.25) is 9.36 Å². The number of allylic oxidation sites excluding steroid dienone is 2. The number of carbonyl (C=O) groups is 1. The van der Waals surface area contributed by atoms with E-state index in [-0.39, 0.29) is 12.2 Å². The number of thiazole rings is 1. The molecule has 1 atom stereocenters. The van der Waals surface area contributed by atoms with Gasteiger partial charge in [-0.2, -0.15) is 0 Å². The number of carbonyl (C=O) groups excluding carboxylic acids is 1. The summed E-state index contributed by atoms with van der Waals surface area (Å²) in [6.07, 6.45) is 6.84. The average Bonchev–Trinajstić information content (AvgIpc) is 3.41. The molecule has 0 radical (unpaired) electrons. The SMILES string of the molecule is CCOC(=O)C1=C(C)N=c2sc(=CC=Cc3ccco3)c(=O)n2C1c1ccc(OC)cc1. The van der Waals surface area contributed by atoms with Crippen molar-refractivity contribution in [2.24, 2.45) is 4.99 Å². The van der Waals surface area contributed by atoms with Gasteiger partial charge in [0.05, 0.1) is 41.8 Å². The third kappa shape index (κ3) is 4.09. The van der Waals surface area contributed by atoms with Gasteiger partial charge in [0.1, 0.15) is 11.5 Å². The topological polar surface area (TPSA) is 83.0 Å². The average molecular weight is 451 g/mol. The van der Waals surface area contributed by atoms with Crippen LogP contribution in [0.2, 0.25) is 0 Å². The van der Waals surface area contributed by atoms with Crippen LogP contribution in [0.15, 0.2) is 74.2 Å². The summed E-state index contributed by atoms with van der Waals surface area (Å²) in [6, 6.07) is 10.3. The molecule has 2 aromatic heterocycles. The normalized spacial score (nSPS) is 16.2. The monoisotopic (exact) mass is 450 g/mol. The van der Waals surface area contributed by atoms with Crippen LogP contribution in [0.1, 0.15) is 31.2 Å². The zero-order chi connectivity index (χ0) is 22.7.